The van der Waals surface area contributed by atoms with E-state index >= 15 is 0 Å². The number of aromatic amines is 1. The van der Waals surface area contributed by atoms with Crippen molar-refractivity contribution in [1.82, 2.24) is 9.97 Å². The van der Waals surface area contributed by atoms with Gasteiger partial charge in [0.05, 0.1) is 22.3 Å². The fourth-order valence-electron chi connectivity index (χ4n) is 3.33. The van der Waals surface area contributed by atoms with Crippen molar-refractivity contribution in [3.8, 4) is 17.1 Å². The molecule has 0 fully saturated rings. The summed E-state index contributed by atoms with van der Waals surface area (Å²) in [4.78, 5) is 20.8. The highest BCUT2D eigenvalue weighted by Crippen LogP contribution is 2.29. The van der Waals surface area contributed by atoms with Crippen molar-refractivity contribution in [2.45, 2.75) is 0 Å². The lowest BCUT2D eigenvalue weighted by Crippen LogP contribution is -2.21. The molecular formula is C23H17N3O2. The Hall–Kier alpha value is -3.86. The normalized spacial score (nSPS) is 12.8. The molecule has 1 aliphatic rings. The van der Waals surface area contributed by atoms with Gasteiger partial charge >= 0.3 is 0 Å². The number of carbonyl (C=O) groups excluding carboxylic acids is 1. The number of hydrogen-bond donors (Lipinski definition) is 2. The summed E-state index contributed by atoms with van der Waals surface area (Å²) in [5.74, 6) is 1.33. The third-order valence-electron chi connectivity index (χ3n) is 4.74. The number of nitrogens with zero attached hydrogens (tertiary/aromatic N) is 1. The molecule has 0 bridgehead atoms. The molecule has 2 N–H and O–H groups in total. The van der Waals surface area contributed by atoms with Crippen molar-refractivity contribution in [2.24, 2.45) is 0 Å². The fourth-order valence-corrected chi connectivity index (χ4v) is 3.33. The molecule has 1 aliphatic heterocycles. The fraction of sp³-hybridized carbons (Fsp3) is 0.0435. The van der Waals surface area contributed by atoms with Gasteiger partial charge in [-0.3, -0.25) is 4.79 Å². The second-order valence-electron chi connectivity index (χ2n) is 6.60. The summed E-state index contributed by atoms with van der Waals surface area (Å²) in [6.45, 7) is 0.246. The number of hydrogen-bond acceptors (Lipinski definition) is 3. The van der Waals surface area contributed by atoms with Crippen LogP contribution in [0.4, 0.5) is 5.69 Å². The Bertz CT molecular complexity index is 1190. The van der Waals surface area contributed by atoms with Gasteiger partial charge in [0.1, 0.15) is 18.2 Å². The number of carbonyl (C=O) groups is 1. The second-order valence-corrected chi connectivity index (χ2v) is 6.60. The van der Waals surface area contributed by atoms with Crippen molar-refractivity contribution >= 4 is 28.7 Å². The molecule has 0 unspecified atom stereocenters. The van der Waals surface area contributed by atoms with Gasteiger partial charge in [0.25, 0.3) is 5.91 Å². The van der Waals surface area contributed by atoms with E-state index in [4.69, 9.17) is 4.74 Å². The minimum Gasteiger partial charge on any atom is -0.488 e. The number of amides is 1. The van der Waals surface area contributed by atoms with Gasteiger partial charge in [-0.25, -0.2) is 4.98 Å². The lowest BCUT2D eigenvalue weighted by Gasteiger charge is -2.18. The zero-order chi connectivity index (χ0) is 18.9. The van der Waals surface area contributed by atoms with Gasteiger partial charge in [-0.1, -0.05) is 42.5 Å². The Morgan fingerprint density at radius 1 is 0.964 bits per heavy atom. The summed E-state index contributed by atoms with van der Waals surface area (Å²) in [5.41, 5.74) is 4.87. The van der Waals surface area contributed by atoms with Crippen LogP contribution in [-0.2, 0) is 4.79 Å². The second kappa shape index (κ2) is 6.70. The van der Waals surface area contributed by atoms with E-state index in [1.807, 2.05) is 78.9 Å². The van der Waals surface area contributed by atoms with E-state index in [9.17, 15) is 4.79 Å². The summed E-state index contributed by atoms with van der Waals surface area (Å²) >= 11 is 0. The van der Waals surface area contributed by atoms with Crippen molar-refractivity contribution in [3.63, 3.8) is 0 Å². The van der Waals surface area contributed by atoms with Gasteiger partial charge in [-0.15, -0.1) is 0 Å². The first-order valence-electron chi connectivity index (χ1n) is 9.06. The standard InChI is InChI=1S/C23H17N3O2/c27-23(16-13-15-7-1-6-12-21(15)28-14-16)26-18-9-3-2-8-17(18)22-24-19-10-4-5-11-20(19)25-22/h1-13H,14H2,(H,24,25)(H,26,27). The predicted octanol–water partition coefficient (Wildman–Crippen LogP) is 4.64. The molecule has 5 rings (SSSR count). The largest absolute Gasteiger partial charge is 0.488 e. The number of fused-ring (bicyclic) bond motifs is 2. The molecule has 5 nitrogen and oxygen atoms in total. The van der Waals surface area contributed by atoms with Crippen molar-refractivity contribution in [2.75, 3.05) is 11.9 Å². The molecule has 0 atom stereocenters. The van der Waals surface area contributed by atoms with E-state index in [2.05, 4.69) is 15.3 Å². The van der Waals surface area contributed by atoms with Crippen molar-refractivity contribution in [3.05, 3.63) is 83.9 Å². The maximum absolute atomic E-state index is 12.8. The molecule has 28 heavy (non-hydrogen) atoms. The van der Waals surface area contributed by atoms with E-state index in [0.717, 1.165) is 33.7 Å². The minimum atomic E-state index is -0.182. The number of ether oxygens (including phenoxy) is 1. The molecule has 1 amide bonds. The van der Waals surface area contributed by atoms with Gasteiger partial charge < -0.3 is 15.0 Å². The number of imidazole rings is 1. The lowest BCUT2D eigenvalue weighted by molar-refractivity contribution is -0.113. The minimum absolute atomic E-state index is 0.182. The molecular weight excluding hydrogens is 350 g/mol. The van der Waals surface area contributed by atoms with Gasteiger partial charge in [0.15, 0.2) is 0 Å². The molecule has 136 valence electrons. The number of H-pyrrole nitrogens is 1. The van der Waals surface area contributed by atoms with E-state index < -0.39 is 0 Å². The highest BCUT2D eigenvalue weighted by atomic mass is 16.5. The number of para-hydroxylation sites is 4. The van der Waals surface area contributed by atoms with Crippen molar-refractivity contribution < 1.29 is 9.53 Å². The van der Waals surface area contributed by atoms with E-state index in [1.165, 1.54) is 0 Å². The summed E-state index contributed by atoms with van der Waals surface area (Å²) in [6.07, 6.45) is 1.87. The highest BCUT2D eigenvalue weighted by Gasteiger charge is 2.18. The summed E-state index contributed by atoms with van der Waals surface area (Å²) in [7, 11) is 0. The van der Waals surface area contributed by atoms with Crippen LogP contribution in [0.1, 0.15) is 5.56 Å². The van der Waals surface area contributed by atoms with Crippen LogP contribution in [0, 0.1) is 0 Å². The van der Waals surface area contributed by atoms with Gasteiger partial charge in [0.2, 0.25) is 0 Å². The molecule has 2 heterocycles. The highest BCUT2D eigenvalue weighted by molar-refractivity contribution is 6.09. The van der Waals surface area contributed by atoms with Gasteiger partial charge in [-0.05, 0) is 36.4 Å². The molecule has 4 aromatic rings. The monoisotopic (exact) mass is 367 g/mol. The quantitative estimate of drug-likeness (QED) is 0.554. The van der Waals surface area contributed by atoms with Crippen LogP contribution in [0.3, 0.4) is 0 Å². The number of aromatic nitrogens is 2. The van der Waals surface area contributed by atoms with Crippen LogP contribution in [0.15, 0.2) is 78.4 Å². The van der Waals surface area contributed by atoms with Crippen LogP contribution in [-0.4, -0.2) is 22.5 Å². The first-order chi connectivity index (χ1) is 13.8. The van der Waals surface area contributed by atoms with Gasteiger partial charge in [-0.2, -0.15) is 0 Å². The summed E-state index contributed by atoms with van der Waals surface area (Å²) < 4.78 is 5.70. The first kappa shape index (κ1) is 16.3. The van der Waals surface area contributed by atoms with Gasteiger partial charge in [0, 0.05) is 11.1 Å². The average molecular weight is 367 g/mol. The summed E-state index contributed by atoms with van der Waals surface area (Å²) in [6, 6.07) is 23.2. The number of benzene rings is 3. The van der Waals surface area contributed by atoms with Crippen LogP contribution in [0.2, 0.25) is 0 Å². The Morgan fingerprint density at radius 3 is 2.68 bits per heavy atom. The topological polar surface area (TPSA) is 67.0 Å². The Morgan fingerprint density at radius 2 is 1.75 bits per heavy atom. The Labute approximate surface area is 161 Å². The molecule has 5 heteroatoms. The van der Waals surface area contributed by atoms with Crippen LogP contribution >= 0.6 is 0 Å². The van der Waals surface area contributed by atoms with Crippen LogP contribution in [0.5, 0.6) is 5.75 Å². The number of rotatable bonds is 3. The number of nitrogens with one attached hydrogen (secondary N) is 2. The molecule has 1 aromatic heterocycles. The lowest BCUT2D eigenvalue weighted by atomic mass is 10.1. The summed E-state index contributed by atoms with van der Waals surface area (Å²) in [5, 5.41) is 3.01. The Balaban J connectivity index is 1.46. The molecule has 0 saturated heterocycles. The van der Waals surface area contributed by atoms with Crippen LogP contribution < -0.4 is 10.1 Å². The predicted molar refractivity (Wildman–Crippen MR) is 110 cm³/mol. The maximum Gasteiger partial charge on any atom is 0.255 e. The van der Waals surface area contributed by atoms with E-state index in [0.29, 0.717) is 11.3 Å². The molecule has 0 aliphatic carbocycles. The molecule has 0 saturated carbocycles. The van der Waals surface area contributed by atoms with E-state index in [-0.39, 0.29) is 12.5 Å². The molecule has 3 aromatic carbocycles. The number of anilines is 1. The van der Waals surface area contributed by atoms with Crippen molar-refractivity contribution in [1.29, 1.82) is 0 Å². The molecule has 0 radical (unpaired) electrons. The smallest absolute Gasteiger partial charge is 0.255 e. The molecule has 0 spiro atoms. The zero-order valence-corrected chi connectivity index (χ0v) is 15.0. The Kier molecular flexibility index (Phi) is 3.91. The zero-order valence-electron chi connectivity index (χ0n) is 15.0. The maximum atomic E-state index is 12.8. The van der Waals surface area contributed by atoms with Crippen LogP contribution in [0.25, 0.3) is 28.5 Å². The average Bonchev–Trinajstić information content (AvgIpc) is 3.18. The third kappa shape index (κ3) is 2.93. The third-order valence-corrected chi connectivity index (χ3v) is 4.74. The van der Waals surface area contributed by atoms with E-state index in [1.54, 1.807) is 0 Å². The first-order valence-corrected chi connectivity index (χ1v) is 9.06. The SMILES string of the molecule is O=C(Nc1ccccc1-c1nc2ccccc2[nH]1)C1=Cc2ccccc2OC1.